The Morgan fingerprint density at radius 2 is 1.90 bits per heavy atom. The molecule has 3 aromatic heterocycles. The zero-order valence-electron chi connectivity index (χ0n) is 21.8. The SMILES string of the molecule is CCC(c1cccc2c(C(=O)NC)ccnc12)C(CNc1cc(-c2ccc(C(F)(F)F)nc2)ncn1)CSC. The van der Waals surface area contributed by atoms with Crippen LogP contribution < -0.4 is 10.6 Å². The molecule has 0 radical (unpaired) electrons. The first-order valence-corrected chi connectivity index (χ1v) is 13.8. The van der Waals surface area contributed by atoms with Crippen molar-refractivity contribution in [2.75, 3.05) is 30.9 Å². The molecule has 1 amide bonds. The molecule has 2 unspecified atom stereocenters. The van der Waals surface area contributed by atoms with Crippen molar-refractivity contribution >= 4 is 34.4 Å². The number of benzene rings is 1. The van der Waals surface area contributed by atoms with Crippen LogP contribution in [0.25, 0.3) is 22.2 Å². The van der Waals surface area contributed by atoms with Gasteiger partial charge in [0.05, 0.1) is 16.8 Å². The summed E-state index contributed by atoms with van der Waals surface area (Å²) in [6, 6.07) is 11.7. The van der Waals surface area contributed by atoms with Crippen molar-refractivity contribution in [2.45, 2.75) is 25.4 Å². The number of thioether (sulfide) groups is 1. The number of aromatic nitrogens is 4. The van der Waals surface area contributed by atoms with Crippen molar-refractivity contribution in [2.24, 2.45) is 5.92 Å². The van der Waals surface area contributed by atoms with Crippen LogP contribution in [0.3, 0.4) is 0 Å². The van der Waals surface area contributed by atoms with Crippen LogP contribution in [0.1, 0.15) is 40.9 Å². The second-order valence-electron chi connectivity index (χ2n) is 9.01. The maximum Gasteiger partial charge on any atom is 0.433 e. The molecule has 2 N–H and O–H groups in total. The number of nitrogens with one attached hydrogen (secondary N) is 2. The molecule has 0 aliphatic heterocycles. The van der Waals surface area contributed by atoms with E-state index in [0.29, 0.717) is 29.2 Å². The van der Waals surface area contributed by atoms with Crippen LogP contribution in [0, 0.1) is 5.92 Å². The van der Waals surface area contributed by atoms with E-state index in [4.69, 9.17) is 0 Å². The van der Waals surface area contributed by atoms with Gasteiger partial charge >= 0.3 is 6.18 Å². The van der Waals surface area contributed by atoms with Crippen molar-refractivity contribution in [3.63, 3.8) is 0 Å². The lowest BCUT2D eigenvalue weighted by Crippen LogP contribution is -2.24. The summed E-state index contributed by atoms with van der Waals surface area (Å²) < 4.78 is 38.6. The van der Waals surface area contributed by atoms with E-state index in [2.05, 4.69) is 49.8 Å². The van der Waals surface area contributed by atoms with Crippen LogP contribution in [0.2, 0.25) is 0 Å². The number of para-hydroxylation sites is 1. The Kier molecular flexibility index (Phi) is 9.01. The number of hydrogen-bond acceptors (Lipinski definition) is 7. The van der Waals surface area contributed by atoms with Gasteiger partial charge in [0, 0.05) is 43.0 Å². The summed E-state index contributed by atoms with van der Waals surface area (Å²) in [4.78, 5) is 29.2. The van der Waals surface area contributed by atoms with Gasteiger partial charge in [-0.3, -0.25) is 14.8 Å². The number of carbonyl (C=O) groups is 1. The second-order valence-corrected chi connectivity index (χ2v) is 9.92. The third kappa shape index (κ3) is 6.47. The molecule has 0 saturated heterocycles. The average Bonchev–Trinajstić information content (AvgIpc) is 2.95. The fourth-order valence-corrected chi connectivity index (χ4v) is 5.51. The minimum Gasteiger partial charge on any atom is -0.370 e. The Morgan fingerprint density at radius 3 is 2.56 bits per heavy atom. The number of pyridine rings is 2. The second kappa shape index (κ2) is 12.4. The number of fused-ring (bicyclic) bond motifs is 1. The molecule has 204 valence electrons. The number of nitrogens with zero attached hydrogens (tertiary/aromatic N) is 4. The van der Waals surface area contributed by atoms with Crippen LogP contribution >= 0.6 is 11.8 Å². The third-order valence-corrected chi connectivity index (χ3v) is 7.39. The van der Waals surface area contributed by atoms with Crippen molar-refractivity contribution in [3.05, 3.63) is 78.0 Å². The van der Waals surface area contributed by atoms with Gasteiger partial charge in [-0.05, 0) is 54.0 Å². The molecular formula is C28H29F3N6OS. The van der Waals surface area contributed by atoms with E-state index in [1.807, 2.05) is 12.1 Å². The lowest BCUT2D eigenvalue weighted by atomic mass is 9.83. The van der Waals surface area contributed by atoms with E-state index < -0.39 is 11.9 Å². The Bertz CT molecular complexity index is 1430. The van der Waals surface area contributed by atoms with E-state index in [-0.39, 0.29) is 17.7 Å². The molecule has 0 fully saturated rings. The Labute approximate surface area is 229 Å². The number of carbonyl (C=O) groups excluding carboxylic acids is 1. The van der Waals surface area contributed by atoms with Crippen LogP contribution in [-0.2, 0) is 6.18 Å². The summed E-state index contributed by atoms with van der Waals surface area (Å²) in [6.07, 6.45) is 2.64. The number of halogens is 3. The Morgan fingerprint density at radius 1 is 1.08 bits per heavy atom. The molecule has 3 heterocycles. The normalized spacial score (nSPS) is 13.2. The Balaban J connectivity index is 1.58. The van der Waals surface area contributed by atoms with E-state index in [0.717, 1.165) is 34.7 Å². The van der Waals surface area contributed by atoms with E-state index >= 15 is 0 Å². The highest BCUT2D eigenvalue weighted by atomic mass is 32.2. The van der Waals surface area contributed by atoms with E-state index in [1.54, 1.807) is 37.1 Å². The van der Waals surface area contributed by atoms with Gasteiger partial charge in [0.15, 0.2) is 0 Å². The average molecular weight is 555 g/mol. The molecule has 1 aromatic carbocycles. The number of anilines is 1. The lowest BCUT2D eigenvalue weighted by Gasteiger charge is -2.27. The highest BCUT2D eigenvalue weighted by Gasteiger charge is 2.32. The summed E-state index contributed by atoms with van der Waals surface area (Å²) in [5.74, 6) is 1.64. The van der Waals surface area contributed by atoms with Crippen molar-refractivity contribution < 1.29 is 18.0 Å². The number of alkyl halides is 3. The summed E-state index contributed by atoms with van der Waals surface area (Å²) in [7, 11) is 1.61. The fraction of sp³-hybridized carbons (Fsp3) is 0.321. The summed E-state index contributed by atoms with van der Waals surface area (Å²) in [6.45, 7) is 2.74. The molecular weight excluding hydrogens is 525 g/mol. The molecule has 4 aromatic rings. The molecule has 0 bridgehead atoms. The first kappa shape index (κ1) is 28.3. The van der Waals surface area contributed by atoms with Crippen LogP contribution in [-0.4, -0.2) is 51.4 Å². The summed E-state index contributed by atoms with van der Waals surface area (Å²) in [5, 5.41) is 6.91. The molecule has 11 heteroatoms. The highest BCUT2D eigenvalue weighted by Crippen LogP contribution is 2.35. The predicted molar refractivity (Wildman–Crippen MR) is 149 cm³/mol. The molecule has 0 spiro atoms. The van der Waals surface area contributed by atoms with Gasteiger partial charge in [-0.1, -0.05) is 25.1 Å². The topological polar surface area (TPSA) is 92.7 Å². The first-order chi connectivity index (χ1) is 18.8. The van der Waals surface area contributed by atoms with Gasteiger partial charge in [0.1, 0.15) is 17.8 Å². The summed E-state index contributed by atoms with van der Waals surface area (Å²) >= 11 is 1.75. The molecule has 39 heavy (non-hydrogen) atoms. The number of rotatable bonds is 10. The van der Waals surface area contributed by atoms with Crippen LogP contribution in [0.4, 0.5) is 19.0 Å². The van der Waals surface area contributed by atoms with Crippen molar-refractivity contribution in [1.29, 1.82) is 0 Å². The minimum absolute atomic E-state index is 0.154. The molecule has 0 aliphatic rings. The highest BCUT2D eigenvalue weighted by molar-refractivity contribution is 7.98. The lowest BCUT2D eigenvalue weighted by molar-refractivity contribution is -0.141. The van der Waals surface area contributed by atoms with Gasteiger partial charge < -0.3 is 10.6 Å². The Hall–Kier alpha value is -3.73. The van der Waals surface area contributed by atoms with Crippen molar-refractivity contribution in [3.8, 4) is 11.3 Å². The molecule has 4 rings (SSSR count). The molecule has 2 atom stereocenters. The zero-order valence-corrected chi connectivity index (χ0v) is 22.6. The number of hydrogen-bond donors (Lipinski definition) is 2. The van der Waals surface area contributed by atoms with Gasteiger partial charge in [0.2, 0.25) is 0 Å². The molecule has 0 saturated carbocycles. The predicted octanol–water partition coefficient (Wildman–Crippen LogP) is 6.05. The minimum atomic E-state index is -4.50. The summed E-state index contributed by atoms with van der Waals surface area (Å²) in [5.41, 5.74) is 2.48. The monoisotopic (exact) mass is 554 g/mol. The van der Waals surface area contributed by atoms with Crippen LogP contribution in [0.15, 0.2) is 61.2 Å². The van der Waals surface area contributed by atoms with Gasteiger partial charge in [-0.15, -0.1) is 0 Å². The largest absolute Gasteiger partial charge is 0.433 e. The molecule has 0 aliphatic carbocycles. The van der Waals surface area contributed by atoms with Gasteiger partial charge in [0.25, 0.3) is 5.91 Å². The van der Waals surface area contributed by atoms with Crippen LogP contribution in [0.5, 0.6) is 0 Å². The first-order valence-electron chi connectivity index (χ1n) is 12.4. The third-order valence-electron chi connectivity index (χ3n) is 6.63. The quantitative estimate of drug-likeness (QED) is 0.247. The standard InChI is InChI=1S/C28H29F3N6OS/c1-4-19(20-6-5-7-21-22(27(38)32-2)10-11-33-26(20)21)18(15-39-3)14-35-25-12-23(36-16-37-25)17-8-9-24(34-13-17)28(29,30)31/h5-13,16,18-19H,4,14-15H2,1-3H3,(H,32,38)(H,35,36,37). The maximum atomic E-state index is 12.9. The van der Waals surface area contributed by atoms with E-state index in [1.165, 1.54) is 18.6 Å². The smallest absolute Gasteiger partial charge is 0.370 e. The van der Waals surface area contributed by atoms with Gasteiger partial charge in [-0.2, -0.15) is 24.9 Å². The van der Waals surface area contributed by atoms with E-state index in [9.17, 15) is 18.0 Å². The number of amides is 1. The zero-order chi connectivity index (χ0) is 28.0. The van der Waals surface area contributed by atoms with Gasteiger partial charge in [-0.25, -0.2) is 9.97 Å². The maximum absolute atomic E-state index is 12.9. The fourth-order valence-electron chi connectivity index (χ4n) is 4.73. The molecule has 7 nitrogen and oxygen atoms in total. The van der Waals surface area contributed by atoms with Crippen molar-refractivity contribution in [1.82, 2.24) is 25.3 Å².